The van der Waals surface area contributed by atoms with Gasteiger partial charge in [0, 0.05) is 19.7 Å². The molecule has 0 aromatic carbocycles. The maximum absolute atomic E-state index is 10.6. The van der Waals surface area contributed by atoms with Gasteiger partial charge in [0.1, 0.15) is 0 Å². The molecule has 94 valence electrons. The molecule has 1 aliphatic heterocycles. The third-order valence-electron chi connectivity index (χ3n) is 3.48. The normalized spacial score (nSPS) is 18.2. The Hall–Kier alpha value is -1.29. The highest BCUT2D eigenvalue weighted by Gasteiger charge is 2.19. The summed E-state index contributed by atoms with van der Waals surface area (Å²) >= 11 is 0. The Balaban J connectivity index is 1.88. The summed E-state index contributed by atoms with van der Waals surface area (Å²) in [6.07, 6.45) is 3.22. The maximum atomic E-state index is 10.6. The van der Waals surface area contributed by atoms with E-state index in [2.05, 4.69) is 16.8 Å². The maximum Gasteiger partial charge on any atom is 0.196 e. The highest BCUT2D eigenvalue weighted by molar-refractivity contribution is 5.71. The van der Waals surface area contributed by atoms with Gasteiger partial charge in [0.2, 0.25) is 0 Å². The van der Waals surface area contributed by atoms with Crippen LogP contribution in [0, 0.1) is 5.92 Å². The van der Waals surface area contributed by atoms with E-state index in [4.69, 9.17) is 4.42 Å². The van der Waals surface area contributed by atoms with Crippen LogP contribution in [0.5, 0.6) is 0 Å². The van der Waals surface area contributed by atoms with E-state index in [1.807, 2.05) is 13.1 Å². The number of rotatable bonds is 4. The third-order valence-corrected chi connectivity index (χ3v) is 3.48. The van der Waals surface area contributed by atoms with Gasteiger partial charge in [-0.25, -0.2) is 0 Å². The van der Waals surface area contributed by atoms with Gasteiger partial charge in [0.25, 0.3) is 0 Å². The van der Waals surface area contributed by atoms with Crippen molar-refractivity contribution in [2.24, 2.45) is 5.92 Å². The first-order valence-corrected chi connectivity index (χ1v) is 6.13. The van der Waals surface area contributed by atoms with Gasteiger partial charge < -0.3 is 14.2 Å². The number of carbonyl (C=O) groups excluding carboxylic acids is 1. The molecule has 0 N–H and O–H groups in total. The van der Waals surface area contributed by atoms with Gasteiger partial charge in [-0.2, -0.15) is 0 Å². The van der Waals surface area contributed by atoms with E-state index in [9.17, 15) is 4.79 Å². The summed E-state index contributed by atoms with van der Waals surface area (Å²) in [5.41, 5.74) is 0. The van der Waals surface area contributed by atoms with Crippen molar-refractivity contribution in [1.29, 1.82) is 0 Å². The predicted molar refractivity (Wildman–Crippen MR) is 67.6 cm³/mol. The molecule has 2 rings (SSSR count). The Kier molecular flexibility index (Phi) is 3.84. The Morgan fingerprint density at radius 3 is 2.76 bits per heavy atom. The van der Waals surface area contributed by atoms with E-state index in [0.29, 0.717) is 5.76 Å². The monoisotopic (exact) mass is 236 g/mol. The van der Waals surface area contributed by atoms with Crippen LogP contribution in [-0.4, -0.2) is 44.9 Å². The molecule has 17 heavy (non-hydrogen) atoms. The number of hydrogen-bond donors (Lipinski definition) is 0. The first-order valence-electron chi connectivity index (χ1n) is 6.13. The highest BCUT2D eigenvalue weighted by atomic mass is 16.4. The van der Waals surface area contributed by atoms with E-state index in [1.165, 1.54) is 25.9 Å². The van der Waals surface area contributed by atoms with E-state index in [1.54, 1.807) is 6.07 Å². The van der Waals surface area contributed by atoms with Crippen molar-refractivity contribution in [3.8, 4) is 0 Å². The van der Waals surface area contributed by atoms with Gasteiger partial charge in [-0.1, -0.05) is 0 Å². The first kappa shape index (κ1) is 12.2. The van der Waals surface area contributed by atoms with Gasteiger partial charge in [-0.05, 0) is 45.0 Å². The van der Waals surface area contributed by atoms with Gasteiger partial charge >= 0.3 is 0 Å². The molecule has 1 aliphatic rings. The molecule has 0 saturated carbocycles. The van der Waals surface area contributed by atoms with Crippen LogP contribution >= 0.6 is 0 Å². The summed E-state index contributed by atoms with van der Waals surface area (Å²) in [6, 6.07) is 3.58. The van der Waals surface area contributed by atoms with Crippen molar-refractivity contribution in [2.75, 3.05) is 38.6 Å². The number of hydrogen-bond acceptors (Lipinski definition) is 4. The van der Waals surface area contributed by atoms with Crippen molar-refractivity contribution >= 4 is 12.2 Å². The van der Waals surface area contributed by atoms with E-state index < -0.39 is 0 Å². The van der Waals surface area contributed by atoms with Gasteiger partial charge in [0.05, 0.1) is 0 Å². The Labute approximate surface area is 102 Å². The molecule has 0 amide bonds. The molecule has 1 aromatic rings. The number of furan rings is 1. The second kappa shape index (κ2) is 5.36. The summed E-state index contributed by atoms with van der Waals surface area (Å²) in [7, 11) is 4.19. The van der Waals surface area contributed by atoms with Crippen LogP contribution in [-0.2, 0) is 0 Å². The number of aldehydes is 1. The van der Waals surface area contributed by atoms with Crippen molar-refractivity contribution in [3.63, 3.8) is 0 Å². The fourth-order valence-electron chi connectivity index (χ4n) is 2.33. The average Bonchev–Trinajstić information content (AvgIpc) is 2.81. The van der Waals surface area contributed by atoms with Crippen LogP contribution in [0.4, 0.5) is 5.88 Å². The van der Waals surface area contributed by atoms with Crippen LogP contribution in [0.15, 0.2) is 16.5 Å². The number of anilines is 1. The lowest BCUT2D eigenvalue weighted by Crippen LogP contribution is -2.35. The number of nitrogens with zero attached hydrogens (tertiary/aromatic N) is 2. The van der Waals surface area contributed by atoms with Gasteiger partial charge in [-0.15, -0.1) is 0 Å². The van der Waals surface area contributed by atoms with Crippen molar-refractivity contribution < 1.29 is 9.21 Å². The number of piperidine rings is 1. The zero-order valence-electron chi connectivity index (χ0n) is 10.6. The molecule has 1 fully saturated rings. The molecule has 4 nitrogen and oxygen atoms in total. The van der Waals surface area contributed by atoms with Gasteiger partial charge in [0.15, 0.2) is 17.9 Å². The van der Waals surface area contributed by atoms with E-state index >= 15 is 0 Å². The molecule has 1 aromatic heterocycles. The molecule has 0 aliphatic carbocycles. The van der Waals surface area contributed by atoms with Crippen molar-refractivity contribution in [3.05, 3.63) is 17.9 Å². The molecule has 0 bridgehead atoms. The third kappa shape index (κ3) is 3.09. The van der Waals surface area contributed by atoms with Gasteiger partial charge in [-0.3, -0.25) is 4.79 Å². The second-order valence-electron chi connectivity index (χ2n) is 4.92. The SMILES string of the molecule is CN1CCC(CN(C)c2ccc(C=O)o2)CC1. The quantitative estimate of drug-likeness (QED) is 0.748. The molecular weight excluding hydrogens is 216 g/mol. The van der Waals surface area contributed by atoms with Crippen LogP contribution in [0.3, 0.4) is 0 Å². The van der Waals surface area contributed by atoms with Crippen LogP contribution in [0.2, 0.25) is 0 Å². The fraction of sp³-hybridized carbons (Fsp3) is 0.615. The van der Waals surface area contributed by atoms with E-state index in [0.717, 1.165) is 24.6 Å². The summed E-state index contributed by atoms with van der Waals surface area (Å²) in [4.78, 5) is 15.0. The molecular formula is C13H20N2O2. The number of carbonyl (C=O) groups is 1. The summed E-state index contributed by atoms with van der Waals surface area (Å²) in [6.45, 7) is 3.35. The lowest BCUT2D eigenvalue weighted by molar-refractivity contribution is 0.110. The molecule has 0 radical (unpaired) electrons. The molecule has 1 saturated heterocycles. The first-order chi connectivity index (χ1) is 8.19. The molecule has 0 spiro atoms. The minimum Gasteiger partial charge on any atom is -0.438 e. The Bertz CT molecular complexity index is 367. The topological polar surface area (TPSA) is 36.7 Å². The summed E-state index contributed by atoms with van der Waals surface area (Å²) < 4.78 is 5.40. The zero-order valence-corrected chi connectivity index (χ0v) is 10.6. The van der Waals surface area contributed by atoms with Crippen molar-refractivity contribution in [1.82, 2.24) is 4.90 Å². The fourth-order valence-corrected chi connectivity index (χ4v) is 2.33. The average molecular weight is 236 g/mol. The second-order valence-corrected chi connectivity index (χ2v) is 4.92. The van der Waals surface area contributed by atoms with E-state index in [-0.39, 0.29) is 0 Å². The molecule has 4 heteroatoms. The highest BCUT2D eigenvalue weighted by Crippen LogP contribution is 2.21. The lowest BCUT2D eigenvalue weighted by Gasteiger charge is -2.31. The molecule has 0 atom stereocenters. The van der Waals surface area contributed by atoms with Crippen LogP contribution < -0.4 is 4.90 Å². The summed E-state index contributed by atoms with van der Waals surface area (Å²) in [5, 5.41) is 0. The Morgan fingerprint density at radius 2 is 2.18 bits per heavy atom. The zero-order chi connectivity index (χ0) is 12.3. The minimum atomic E-state index is 0.398. The number of likely N-dealkylation sites (tertiary alicyclic amines) is 1. The molecule has 0 unspecified atom stereocenters. The minimum absolute atomic E-state index is 0.398. The van der Waals surface area contributed by atoms with Crippen LogP contribution in [0.1, 0.15) is 23.4 Å². The molecule has 2 heterocycles. The lowest BCUT2D eigenvalue weighted by atomic mass is 9.97. The Morgan fingerprint density at radius 1 is 1.47 bits per heavy atom. The standard InChI is InChI=1S/C13H20N2O2/c1-14-7-5-11(6-8-14)9-15(2)13-4-3-12(10-16)17-13/h3-4,10-11H,5-9H2,1-2H3. The largest absolute Gasteiger partial charge is 0.438 e. The predicted octanol–water partition coefficient (Wildman–Crippen LogP) is 1.87. The van der Waals surface area contributed by atoms with Crippen LogP contribution in [0.25, 0.3) is 0 Å². The summed E-state index contributed by atoms with van der Waals surface area (Å²) in [5.74, 6) is 1.90. The van der Waals surface area contributed by atoms with Crippen molar-refractivity contribution in [2.45, 2.75) is 12.8 Å². The smallest absolute Gasteiger partial charge is 0.196 e.